The van der Waals surface area contributed by atoms with Crippen LogP contribution >= 0.6 is 11.8 Å². The molecule has 2 N–H and O–H groups in total. The Labute approximate surface area is 105 Å². The minimum atomic E-state index is -0.328. The van der Waals surface area contributed by atoms with Crippen LogP contribution < -0.4 is 10.9 Å². The standard InChI is InChI=1S/C11H17N3O2S/c1-9(13-12-2)7-17-8-10-5-3-4-6-11(10)14(15)16/h3-6,9,12-13H,7-8H2,1-2H3. The molecule has 5 nitrogen and oxygen atoms in total. The maximum Gasteiger partial charge on any atom is 0.273 e. The minimum absolute atomic E-state index is 0.203. The summed E-state index contributed by atoms with van der Waals surface area (Å²) in [6, 6.07) is 7.20. The summed E-state index contributed by atoms with van der Waals surface area (Å²) in [6.07, 6.45) is 0. The fourth-order valence-corrected chi connectivity index (χ4v) is 2.46. The van der Waals surface area contributed by atoms with Crippen molar-refractivity contribution in [2.45, 2.75) is 18.7 Å². The van der Waals surface area contributed by atoms with Crippen molar-refractivity contribution in [3.63, 3.8) is 0 Å². The Kier molecular flexibility index (Phi) is 5.96. The molecule has 6 heteroatoms. The number of nitrogens with one attached hydrogen (secondary N) is 2. The topological polar surface area (TPSA) is 67.2 Å². The van der Waals surface area contributed by atoms with Gasteiger partial charge in [0, 0.05) is 29.2 Å². The number of nitrogens with zero attached hydrogens (tertiary/aromatic N) is 1. The highest BCUT2D eigenvalue weighted by molar-refractivity contribution is 7.98. The molecule has 0 saturated carbocycles. The molecular formula is C11H17N3O2S. The van der Waals surface area contributed by atoms with Crippen LogP contribution in [-0.2, 0) is 5.75 Å². The SMILES string of the molecule is CNNC(C)CSCc1ccccc1[N+](=O)[O-]. The quantitative estimate of drug-likeness (QED) is 0.575. The Bertz CT molecular complexity index is 373. The van der Waals surface area contributed by atoms with Crippen molar-refractivity contribution in [3.05, 3.63) is 39.9 Å². The lowest BCUT2D eigenvalue weighted by Crippen LogP contribution is -2.37. The van der Waals surface area contributed by atoms with Crippen molar-refractivity contribution in [1.82, 2.24) is 10.9 Å². The molecule has 0 aromatic heterocycles. The molecule has 1 unspecified atom stereocenters. The van der Waals surface area contributed by atoms with Crippen molar-refractivity contribution in [2.75, 3.05) is 12.8 Å². The normalized spacial score (nSPS) is 12.4. The summed E-state index contributed by atoms with van der Waals surface area (Å²) >= 11 is 1.68. The van der Waals surface area contributed by atoms with E-state index in [0.29, 0.717) is 11.8 Å². The second-order valence-corrected chi connectivity index (χ2v) is 4.73. The average molecular weight is 255 g/mol. The highest BCUT2D eigenvalue weighted by atomic mass is 32.2. The van der Waals surface area contributed by atoms with Crippen molar-refractivity contribution < 1.29 is 4.92 Å². The van der Waals surface area contributed by atoms with E-state index in [4.69, 9.17) is 0 Å². The lowest BCUT2D eigenvalue weighted by molar-refractivity contribution is -0.385. The fraction of sp³-hybridized carbons (Fsp3) is 0.455. The maximum absolute atomic E-state index is 10.8. The molecule has 0 amide bonds. The van der Waals surface area contributed by atoms with Gasteiger partial charge >= 0.3 is 0 Å². The predicted octanol–water partition coefficient (Wildman–Crippen LogP) is 1.94. The summed E-state index contributed by atoms with van der Waals surface area (Å²) in [5.74, 6) is 1.56. The Morgan fingerprint density at radius 1 is 1.47 bits per heavy atom. The van der Waals surface area contributed by atoms with Gasteiger partial charge in [-0.25, -0.2) is 0 Å². The number of rotatable bonds is 7. The summed E-state index contributed by atoms with van der Waals surface area (Å²) in [4.78, 5) is 10.5. The number of hydrogen-bond donors (Lipinski definition) is 2. The van der Waals surface area contributed by atoms with Crippen LogP contribution in [0.15, 0.2) is 24.3 Å². The number of para-hydroxylation sites is 1. The van der Waals surface area contributed by atoms with Gasteiger partial charge in [-0.1, -0.05) is 18.2 Å². The van der Waals surface area contributed by atoms with Gasteiger partial charge in [-0.2, -0.15) is 11.8 Å². The lowest BCUT2D eigenvalue weighted by Gasteiger charge is -2.11. The van der Waals surface area contributed by atoms with Gasteiger partial charge in [-0.15, -0.1) is 0 Å². The molecule has 0 saturated heterocycles. The monoisotopic (exact) mass is 255 g/mol. The zero-order valence-electron chi connectivity index (χ0n) is 9.97. The van der Waals surface area contributed by atoms with Gasteiger partial charge in [0.2, 0.25) is 0 Å². The molecule has 0 spiro atoms. The molecular weight excluding hydrogens is 238 g/mol. The second-order valence-electron chi connectivity index (χ2n) is 3.70. The van der Waals surface area contributed by atoms with E-state index in [9.17, 15) is 10.1 Å². The molecule has 0 bridgehead atoms. The summed E-state index contributed by atoms with van der Waals surface area (Å²) in [5, 5.41) is 10.8. The molecule has 1 aromatic rings. The third-order valence-corrected chi connectivity index (χ3v) is 3.46. The van der Waals surface area contributed by atoms with Crippen molar-refractivity contribution in [3.8, 4) is 0 Å². The highest BCUT2D eigenvalue weighted by Gasteiger charge is 2.12. The van der Waals surface area contributed by atoms with Crippen LogP contribution in [-0.4, -0.2) is 23.8 Å². The van der Waals surface area contributed by atoms with Gasteiger partial charge in [-0.05, 0) is 14.0 Å². The number of thioether (sulfide) groups is 1. The predicted molar refractivity (Wildman–Crippen MR) is 70.9 cm³/mol. The maximum atomic E-state index is 10.8. The summed E-state index contributed by atoms with van der Waals surface area (Å²) in [5.41, 5.74) is 6.92. The first kappa shape index (κ1) is 14.0. The highest BCUT2D eigenvalue weighted by Crippen LogP contribution is 2.22. The Hall–Kier alpha value is -1.11. The Morgan fingerprint density at radius 2 is 2.18 bits per heavy atom. The summed E-state index contributed by atoms with van der Waals surface area (Å²) in [6.45, 7) is 2.06. The van der Waals surface area contributed by atoms with Gasteiger partial charge < -0.3 is 0 Å². The van der Waals surface area contributed by atoms with Crippen LogP contribution in [0.3, 0.4) is 0 Å². The van der Waals surface area contributed by atoms with Crippen LogP contribution in [0.4, 0.5) is 5.69 Å². The van der Waals surface area contributed by atoms with E-state index >= 15 is 0 Å². The van der Waals surface area contributed by atoms with Crippen molar-refractivity contribution in [1.29, 1.82) is 0 Å². The molecule has 0 radical (unpaired) electrons. The number of hydrogen-bond acceptors (Lipinski definition) is 5. The van der Waals surface area contributed by atoms with Crippen molar-refractivity contribution >= 4 is 17.4 Å². The molecule has 0 heterocycles. The molecule has 0 fully saturated rings. The summed E-state index contributed by atoms with van der Waals surface area (Å²) in [7, 11) is 1.82. The van der Waals surface area contributed by atoms with Crippen molar-refractivity contribution in [2.24, 2.45) is 0 Å². The van der Waals surface area contributed by atoms with E-state index in [2.05, 4.69) is 17.8 Å². The molecule has 0 aliphatic rings. The second kappa shape index (κ2) is 7.26. The number of nitro benzene ring substituents is 1. The van der Waals surface area contributed by atoms with Gasteiger partial charge in [-0.3, -0.25) is 21.0 Å². The van der Waals surface area contributed by atoms with E-state index in [-0.39, 0.29) is 10.6 Å². The number of nitro groups is 1. The van der Waals surface area contributed by atoms with E-state index in [1.54, 1.807) is 30.0 Å². The summed E-state index contributed by atoms with van der Waals surface area (Å²) < 4.78 is 0. The van der Waals surface area contributed by atoms with E-state index in [0.717, 1.165) is 11.3 Å². The zero-order valence-corrected chi connectivity index (χ0v) is 10.8. The van der Waals surface area contributed by atoms with Crippen LogP contribution in [0.25, 0.3) is 0 Å². The Balaban J connectivity index is 2.49. The Morgan fingerprint density at radius 3 is 2.82 bits per heavy atom. The number of hydrazine groups is 1. The molecule has 94 valence electrons. The zero-order chi connectivity index (χ0) is 12.7. The smallest absolute Gasteiger partial charge is 0.261 e. The van der Waals surface area contributed by atoms with Crippen LogP contribution in [0, 0.1) is 10.1 Å². The van der Waals surface area contributed by atoms with Gasteiger partial charge in [0.1, 0.15) is 0 Å². The molecule has 1 aromatic carbocycles. The van der Waals surface area contributed by atoms with Gasteiger partial charge in [0.15, 0.2) is 0 Å². The molecule has 1 rings (SSSR count). The first-order valence-electron chi connectivity index (χ1n) is 5.37. The van der Waals surface area contributed by atoms with E-state index in [1.807, 2.05) is 13.1 Å². The van der Waals surface area contributed by atoms with Crippen LogP contribution in [0.2, 0.25) is 0 Å². The van der Waals surface area contributed by atoms with Gasteiger partial charge in [0.25, 0.3) is 5.69 Å². The minimum Gasteiger partial charge on any atom is -0.261 e. The third-order valence-electron chi connectivity index (χ3n) is 2.20. The number of benzene rings is 1. The molecule has 1 atom stereocenters. The first-order valence-corrected chi connectivity index (χ1v) is 6.53. The van der Waals surface area contributed by atoms with E-state index in [1.165, 1.54) is 0 Å². The van der Waals surface area contributed by atoms with Crippen LogP contribution in [0.1, 0.15) is 12.5 Å². The third kappa shape index (κ3) is 4.72. The lowest BCUT2D eigenvalue weighted by atomic mass is 10.2. The van der Waals surface area contributed by atoms with Crippen LogP contribution in [0.5, 0.6) is 0 Å². The average Bonchev–Trinajstić information content (AvgIpc) is 2.30. The first-order chi connectivity index (χ1) is 8.15. The van der Waals surface area contributed by atoms with Gasteiger partial charge in [0.05, 0.1) is 4.92 Å². The molecule has 17 heavy (non-hydrogen) atoms. The largest absolute Gasteiger partial charge is 0.273 e. The molecule has 0 aliphatic heterocycles. The fourth-order valence-electron chi connectivity index (χ4n) is 1.44. The van der Waals surface area contributed by atoms with E-state index < -0.39 is 0 Å². The molecule has 0 aliphatic carbocycles.